The van der Waals surface area contributed by atoms with Crippen LogP contribution in [0.15, 0.2) is 36.9 Å². The number of benzene rings is 1. The third-order valence-electron chi connectivity index (χ3n) is 2.90. The molecule has 0 spiro atoms. The number of hydrogen-bond acceptors (Lipinski definition) is 3. The fourth-order valence-corrected chi connectivity index (χ4v) is 1.62. The van der Waals surface area contributed by atoms with Crippen molar-refractivity contribution in [2.24, 2.45) is 0 Å². The van der Waals surface area contributed by atoms with Crippen molar-refractivity contribution in [1.29, 1.82) is 0 Å². The molecule has 120 valence electrons. The molecule has 1 rings (SSSR count). The van der Waals surface area contributed by atoms with Crippen LogP contribution in [0.4, 0.5) is 18.0 Å². The maximum Gasteiger partial charge on any atom is 0.416 e. The zero-order valence-corrected chi connectivity index (χ0v) is 11.6. The fourth-order valence-electron chi connectivity index (χ4n) is 1.62. The van der Waals surface area contributed by atoms with Crippen LogP contribution in [0, 0.1) is 0 Å². The molecule has 8 heteroatoms. The van der Waals surface area contributed by atoms with E-state index >= 15 is 0 Å². The molecule has 1 aromatic rings. The summed E-state index contributed by atoms with van der Waals surface area (Å²) in [7, 11) is 0. The number of carbonyl (C=O) groups is 2. The molecule has 0 aromatic heterocycles. The van der Waals surface area contributed by atoms with Gasteiger partial charge in [0.05, 0.1) is 5.56 Å². The standard InChI is InChI=1S/C14H14F3NO4/c1-3-8-22-12(21)18-13(2,11(19)20)9-4-6-10(7-5-9)14(15,16)17/h3-7H,1,8H2,2H3,(H,18,21)(H,19,20). The van der Waals surface area contributed by atoms with E-state index in [1.807, 2.05) is 0 Å². The van der Waals surface area contributed by atoms with Crippen molar-refractivity contribution >= 4 is 12.1 Å². The zero-order valence-electron chi connectivity index (χ0n) is 11.6. The summed E-state index contributed by atoms with van der Waals surface area (Å²) in [5.74, 6) is -1.44. The molecule has 0 radical (unpaired) electrons. The maximum absolute atomic E-state index is 12.5. The highest BCUT2D eigenvalue weighted by Crippen LogP contribution is 2.31. The highest BCUT2D eigenvalue weighted by atomic mass is 19.4. The van der Waals surface area contributed by atoms with Gasteiger partial charge in [-0.15, -0.1) is 0 Å². The Kier molecular flexibility index (Phi) is 5.19. The number of nitrogens with one attached hydrogen (secondary N) is 1. The Morgan fingerprint density at radius 3 is 2.18 bits per heavy atom. The van der Waals surface area contributed by atoms with Gasteiger partial charge in [-0.25, -0.2) is 9.59 Å². The first-order chi connectivity index (χ1) is 10.1. The Morgan fingerprint density at radius 1 is 1.27 bits per heavy atom. The second kappa shape index (κ2) is 6.50. The fraction of sp³-hybridized carbons (Fsp3) is 0.286. The molecule has 22 heavy (non-hydrogen) atoms. The molecule has 1 aromatic carbocycles. The average molecular weight is 317 g/mol. The number of halogens is 3. The van der Waals surface area contributed by atoms with E-state index in [1.54, 1.807) is 0 Å². The third kappa shape index (κ3) is 4.00. The molecule has 1 amide bonds. The largest absolute Gasteiger partial charge is 0.479 e. The Labute approximate surface area is 124 Å². The van der Waals surface area contributed by atoms with Crippen LogP contribution >= 0.6 is 0 Å². The molecule has 0 heterocycles. The molecular weight excluding hydrogens is 303 g/mol. The van der Waals surface area contributed by atoms with Crippen LogP contribution in [0.25, 0.3) is 0 Å². The minimum absolute atomic E-state index is 0.0245. The number of amides is 1. The van der Waals surface area contributed by atoms with E-state index in [0.29, 0.717) is 0 Å². The Hall–Kier alpha value is -2.51. The van der Waals surface area contributed by atoms with Gasteiger partial charge in [0.2, 0.25) is 0 Å². The highest BCUT2D eigenvalue weighted by Gasteiger charge is 2.38. The van der Waals surface area contributed by atoms with Crippen molar-refractivity contribution < 1.29 is 32.6 Å². The van der Waals surface area contributed by atoms with Crippen molar-refractivity contribution in [2.75, 3.05) is 6.61 Å². The molecule has 1 unspecified atom stereocenters. The van der Waals surface area contributed by atoms with Crippen molar-refractivity contribution in [2.45, 2.75) is 18.6 Å². The van der Waals surface area contributed by atoms with Gasteiger partial charge in [-0.2, -0.15) is 13.2 Å². The summed E-state index contributed by atoms with van der Waals surface area (Å²) >= 11 is 0. The lowest BCUT2D eigenvalue weighted by molar-refractivity contribution is -0.144. The predicted octanol–water partition coefficient (Wildman–Crippen LogP) is 2.92. The molecule has 1 atom stereocenters. The van der Waals surface area contributed by atoms with E-state index in [1.165, 1.54) is 6.08 Å². The van der Waals surface area contributed by atoms with Crippen LogP contribution in [-0.2, 0) is 21.2 Å². The van der Waals surface area contributed by atoms with Gasteiger partial charge in [0.15, 0.2) is 5.54 Å². The zero-order chi connectivity index (χ0) is 17.0. The first kappa shape index (κ1) is 17.5. The average Bonchev–Trinajstić information content (AvgIpc) is 2.44. The molecule has 0 fully saturated rings. The summed E-state index contributed by atoms with van der Waals surface area (Å²) in [6, 6.07) is 3.47. The molecule has 0 saturated carbocycles. The summed E-state index contributed by atoms with van der Waals surface area (Å²) in [4.78, 5) is 22.9. The number of alkyl carbamates (subject to hydrolysis) is 1. The number of aliphatic carboxylic acids is 1. The minimum Gasteiger partial charge on any atom is -0.479 e. The monoisotopic (exact) mass is 317 g/mol. The summed E-state index contributed by atoms with van der Waals surface area (Å²) in [5, 5.41) is 11.4. The van der Waals surface area contributed by atoms with Crippen molar-refractivity contribution in [3.8, 4) is 0 Å². The molecule has 0 aliphatic rings. The van der Waals surface area contributed by atoms with E-state index in [0.717, 1.165) is 31.2 Å². The second-order valence-electron chi connectivity index (χ2n) is 4.52. The van der Waals surface area contributed by atoms with Crippen LogP contribution in [0.5, 0.6) is 0 Å². The topological polar surface area (TPSA) is 75.6 Å². The lowest BCUT2D eigenvalue weighted by atomic mass is 9.91. The summed E-state index contributed by atoms with van der Waals surface area (Å²) in [6.07, 6.45) is -4.27. The maximum atomic E-state index is 12.5. The van der Waals surface area contributed by atoms with Crippen LogP contribution in [-0.4, -0.2) is 23.8 Å². The van der Waals surface area contributed by atoms with Crippen molar-refractivity contribution in [1.82, 2.24) is 5.32 Å². The molecule has 5 nitrogen and oxygen atoms in total. The number of carboxylic acid groups (broad SMARTS) is 1. The Balaban J connectivity index is 3.06. The molecule has 2 N–H and O–H groups in total. The first-order valence-corrected chi connectivity index (χ1v) is 6.08. The van der Waals surface area contributed by atoms with E-state index in [9.17, 15) is 27.9 Å². The lowest BCUT2D eigenvalue weighted by Crippen LogP contribution is -2.49. The number of ether oxygens (including phenoxy) is 1. The van der Waals surface area contributed by atoms with Crippen LogP contribution < -0.4 is 5.32 Å². The van der Waals surface area contributed by atoms with Gasteiger partial charge in [0.1, 0.15) is 6.61 Å². The molecule has 0 bridgehead atoms. The van der Waals surface area contributed by atoms with E-state index < -0.39 is 29.3 Å². The smallest absolute Gasteiger partial charge is 0.416 e. The minimum atomic E-state index is -4.53. The number of hydrogen-bond donors (Lipinski definition) is 2. The SMILES string of the molecule is C=CCOC(=O)NC(C)(C(=O)O)c1ccc(C(F)(F)F)cc1. The summed E-state index contributed by atoms with van der Waals surface area (Å²) in [5.41, 5.74) is -2.87. The first-order valence-electron chi connectivity index (χ1n) is 6.08. The molecule has 0 aliphatic heterocycles. The normalized spacial score (nSPS) is 13.8. The van der Waals surface area contributed by atoms with E-state index in [2.05, 4.69) is 16.6 Å². The van der Waals surface area contributed by atoms with E-state index in [-0.39, 0.29) is 12.2 Å². The van der Waals surface area contributed by atoms with Crippen molar-refractivity contribution in [3.63, 3.8) is 0 Å². The predicted molar refractivity (Wildman–Crippen MR) is 71.1 cm³/mol. The van der Waals surface area contributed by atoms with Crippen LogP contribution in [0.1, 0.15) is 18.1 Å². The molecular formula is C14H14F3NO4. The van der Waals surface area contributed by atoms with Gasteiger partial charge in [-0.1, -0.05) is 24.8 Å². The second-order valence-corrected chi connectivity index (χ2v) is 4.52. The van der Waals surface area contributed by atoms with Crippen LogP contribution in [0.3, 0.4) is 0 Å². The van der Waals surface area contributed by atoms with Gasteiger partial charge in [0, 0.05) is 0 Å². The quantitative estimate of drug-likeness (QED) is 0.819. The van der Waals surface area contributed by atoms with Gasteiger partial charge >= 0.3 is 18.2 Å². The third-order valence-corrected chi connectivity index (χ3v) is 2.90. The van der Waals surface area contributed by atoms with Gasteiger partial charge in [0.25, 0.3) is 0 Å². The highest BCUT2D eigenvalue weighted by molar-refractivity contribution is 5.85. The Bertz CT molecular complexity index is 568. The summed E-state index contributed by atoms with van der Waals surface area (Å²) in [6.45, 7) is 4.34. The van der Waals surface area contributed by atoms with Gasteiger partial charge in [-0.05, 0) is 24.6 Å². The number of rotatable bonds is 5. The van der Waals surface area contributed by atoms with Crippen molar-refractivity contribution in [3.05, 3.63) is 48.0 Å². The summed E-state index contributed by atoms with van der Waals surface area (Å²) < 4.78 is 42.2. The van der Waals surface area contributed by atoms with Gasteiger partial charge in [-0.3, -0.25) is 0 Å². The van der Waals surface area contributed by atoms with E-state index in [4.69, 9.17) is 0 Å². The molecule has 0 saturated heterocycles. The van der Waals surface area contributed by atoms with Gasteiger partial charge < -0.3 is 15.2 Å². The number of alkyl halides is 3. The Morgan fingerprint density at radius 2 is 1.77 bits per heavy atom. The number of carboxylic acids is 1. The van der Waals surface area contributed by atoms with Crippen LogP contribution in [0.2, 0.25) is 0 Å². The molecule has 0 aliphatic carbocycles. The number of carbonyl (C=O) groups excluding carboxylic acids is 1. The lowest BCUT2D eigenvalue weighted by Gasteiger charge is -2.26.